The van der Waals surface area contributed by atoms with Crippen molar-refractivity contribution in [3.63, 3.8) is 0 Å². The van der Waals surface area contributed by atoms with Gasteiger partial charge in [-0.1, -0.05) is 48.5 Å². The molecule has 3 heterocycles. The molecule has 6 rings (SSSR count). The molecule has 0 bridgehead atoms. The largest absolute Gasteiger partial charge is 0.322 e. The Bertz CT molecular complexity index is 1610. The Balaban J connectivity index is 1.11. The van der Waals surface area contributed by atoms with E-state index in [2.05, 4.69) is 45.9 Å². The number of nitrogens with zero attached hydrogens (tertiary/aromatic N) is 4. The number of fused-ring (bicyclic) bond motifs is 1. The first-order chi connectivity index (χ1) is 20.1. The van der Waals surface area contributed by atoms with Crippen molar-refractivity contribution in [2.45, 2.75) is 38.4 Å². The van der Waals surface area contributed by atoms with Crippen LogP contribution in [0.1, 0.15) is 56.5 Å². The van der Waals surface area contributed by atoms with Crippen LogP contribution in [0, 0.1) is 11.3 Å². The fourth-order valence-corrected chi connectivity index (χ4v) is 6.60. The maximum absolute atomic E-state index is 13.2. The van der Waals surface area contributed by atoms with Crippen molar-refractivity contribution >= 4 is 34.1 Å². The molecule has 3 aromatic carbocycles. The highest BCUT2D eigenvalue weighted by Crippen LogP contribution is 2.34. The number of hydrogen-bond donors (Lipinski definition) is 2. The van der Waals surface area contributed by atoms with Gasteiger partial charge in [0.1, 0.15) is 0 Å². The number of thiazole rings is 1. The molecular formula is C32H30N6O2S. The molecule has 0 unspecified atom stereocenters. The lowest BCUT2D eigenvalue weighted by Crippen LogP contribution is -2.34. The van der Waals surface area contributed by atoms with E-state index in [1.54, 1.807) is 46.6 Å². The molecular weight excluding hydrogens is 532 g/mol. The first-order valence-electron chi connectivity index (χ1n) is 13.8. The van der Waals surface area contributed by atoms with Crippen molar-refractivity contribution in [2.75, 3.05) is 23.7 Å². The summed E-state index contributed by atoms with van der Waals surface area (Å²) < 4.78 is 0. The van der Waals surface area contributed by atoms with Crippen molar-refractivity contribution in [1.29, 1.82) is 5.26 Å². The van der Waals surface area contributed by atoms with Crippen LogP contribution < -0.4 is 10.6 Å². The molecule has 9 heteroatoms. The van der Waals surface area contributed by atoms with Gasteiger partial charge in [0.05, 0.1) is 23.4 Å². The maximum Gasteiger partial charge on any atom is 0.322 e. The van der Waals surface area contributed by atoms with Crippen LogP contribution in [-0.2, 0) is 19.5 Å². The second-order valence-corrected chi connectivity index (χ2v) is 11.5. The summed E-state index contributed by atoms with van der Waals surface area (Å²) in [7, 11) is 0. The van der Waals surface area contributed by atoms with Gasteiger partial charge in [0.25, 0.3) is 5.91 Å². The molecule has 1 saturated heterocycles. The van der Waals surface area contributed by atoms with Crippen molar-refractivity contribution in [3.05, 3.63) is 112 Å². The maximum atomic E-state index is 13.2. The van der Waals surface area contributed by atoms with Gasteiger partial charge in [0.15, 0.2) is 5.13 Å². The van der Waals surface area contributed by atoms with E-state index in [0.29, 0.717) is 28.5 Å². The minimum Gasteiger partial charge on any atom is -0.317 e. The van der Waals surface area contributed by atoms with Crippen LogP contribution in [0.4, 0.5) is 15.6 Å². The molecule has 1 aromatic heterocycles. The Labute approximate surface area is 243 Å². The molecule has 1 atom stereocenters. The van der Waals surface area contributed by atoms with Gasteiger partial charge in [-0.05, 0) is 54.3 Å². The number of urea groups is 1. The lowest BCUT2D eigenvalue weighted by molar-refractivity contribution is 0.102. The average molecular weight is 563 g/mol. The Morgan fingerprint density at radius 2 is 1.85 bits per heavy atom. The number of likely N-dealkylation sites (tertiary alicyclic amines) is 1. The predicted octanol–water partition coefficient (Wildman–Crippen LogP) is 6.19. The van der Waals surface area contributed by atoms with E-state index in [-0.39, 0.29) is 18.0 Å². The number of rotatable bonds is 6. The second-order valence-electron chi connectivity index (χ2n) is 10.4. The molecule has 2 aliphatic heterocycles. The Hall–Kier alpha value is -4.52. The van der Waals surface area contributed by atoms with Gasteiger partial charge >= 0.3 is 6.03 Å². The van der Waals surface area contributed by atoms with E-state index in [0.717, 1.165) is 50.2 Å². The summed E-state index contributed by atoms with van der Waals surface area (Å²) in [5.74, 6) is -0.207. The van der Waals surface area contributed by atoms with Crippen LogP contribution in [0.15, 0.2) is 78.9 Å². The Kier molecular flexibility index (Phi) is 7.76. The normalized spacial score (nSPS) is 16.6. The lowest BCUT2D eigenvalue weighted by Gasteiger charge is -2.25. The molecule has 41 heavy (non-hydrogen) atoms. The molecule has 1 fully saturated rings. The van der Waals surface area contributed by atoms with Crippen molar-refractivity contribution in [1.82, 2.24) is 14.8 Å². The standard InChI is InChI=1S/C32H30N6O2S/c33-19-23-9-4-12-26(17-23)34-32(40)38-15-6-13-28(38)24-10-5-11-25(18-24)30(39)36-31-35-27-14-16-37(21-29(27)41-31)20-22-7-2-1-3-8-22/h1-5,7-12,17-18,28H,6,13-16,20-21H2,(H,34,40)(H,35,36,39)/t28-/m1/s1. The monoisotopic (exact) mass is 562 g/mol. The van der Waals surface area contributed by atoms with E-state index in [1.165, 1.54) is 10.4 Å². The third-order valence-electron chi connectivity index (χ3n) is 7.57. The molecule has 8 nitrogen and oxygen atoms in total. The summed E-state index contributed by atoms with van der Waals surface area (Å²) >= 11 is 1.54. The summed E-state index contributed by atoms with van der Waals surface area (Å²) in [5, 5.41) is 15.7. The summed E-state index contributed by atoms with van der Waals surface area (Å²) in [5.41, 5.74) is 4.89. The molecule has 2 aliphatic rings. The lowest BCUT2D eigenvalue weighted by atomic mass is 10.0. The molecule has 0 spiro atoms. The topological polar surface area (TPSA) is 101 Å². The van der Waals surface area contributed by atoms with Crippen LogP contribution >= 0.6 is 11.3 Å². The molecule has 4 aromatic rings. The molecule has 0 saturated carbocycles. The van der Waals surface area contributed by atoms with Gasteiger partial charge in [-0.2, -0.15) is 5.26 Å². The summed E-state index contributed by atoms with van der Waals surface area (Å²) in [6, 6.07) is 26.6. The molecule has 2 N–H and O–H groups in total. The van der Waals surface area contributed by atoms with E-state index in [1.807, 2.05) is 24.3 Å². The number of nitriles is 1. The van der Waals surface area contributed by atoms with E-state index < -0.39 is 0 Å². The SMILES string of the molecule is N#Cc1cccc(NC(=O)N2CCC[C@@H]2c2cccc(C(=O)Nc3nc4c(s3)CN(Cc3ccccc3)CC4)c2)c1. The number of nitrogens with one attached hydrogen (secondary N) is 2. The highest BCUT2D eigenvalue weighted by Gasteiger charge is 2.30. The molecule has 206 valence electrons. The molecule has 0 aliphatic carbocycles. The van der Waals surface area contributed by atoms with Crippen molar-refractivity contribution in [2.24, 2.45) is 0 Å². The van der Waals surface area contributed by atoms with E-state index in [4.69, 9.17) is 10.2 Å². The quantitative estimate of drug-likeness (QED) is 0.292. The second kappa shape index (κ2) is 11.9. The number of aromatic nitrogens is 1. The minimum absolute atomic E-state index is 0.135. The first kappa shape index (κ1) is 26.7. The van der Waals surface area contributed by atoms with Gasteiger partial charge in [-0.25, -0.2) is 9.78 Å². The van der Waals surface area contributed by atoms with Crippen LogP contribution in [0.25, 0.3) is 0 Å². The summed E-state index contributed by atoms with van der Waals surface area (Å²) in [6.07, 6.45) is 2.55. The Morgan fingerprint density at radius 1 is 1.00 bits per heavy atom. The zero-order chi connectivity index (χ0) is 28.2. The fraction of sp³-hybridized carbons (Fsp3) is 0.250. The van der Waals surface area contributed by atoms with Crippen molar-refractivity contribution in [3.8, 4) is 6.07 Å². The zero-order valence-electron chi connectivity index (χ0n) is 22.5. The average Bonchev–Trinajstić information content (AvgIpc) is 3.65. The van der Waals surface area contributed by atoms with Crippen molar-refractivity contribution < 1.29 is 9.59 Å². The highest BCUT2D eigenvalue weighted by atomic mass is 32.1. The molecule has 3 amide bonds. The van der Waals surface area contributed by atoms with Gasteiger partial charge in [-0.3, -0.25) is 15.0 Å². The number of hydrogen-bond acceptors (Lipinski definition) is 6. The minimum atomic E-state index is -0.216. The molecule has 0 radical (unpaired) electrons. The first-order valence-corrected chi connectivity index (χ1v) is 14.6. The number of carbonyl (C=O) groups excluding carboxylic acids is 2. The zero-order valence-corrected chi connectivity index (χ0v) is 23.4. The fourth-order valence-electron chi connectivity index (χ4n) is 5.55. The number of carbonyl (C=O) groups is 2. The van der Waals surface area contributed by atoms with E-state index >= 15 is 0 Å². The Morgan fingerprint density at radius 3 is 2.71 bits per heavy atom. The van der Waals surface area contributed by atoms with Gasteiger partial charge in [0.2, 0.25) is 0 Å². The summed E-state index contributed by atoms with van der Waals surface area (Å²) in [4.78, 5) is 36.5. The predicted molar refractivity (Wildman–Crippen MR) is 160 cm³/mol. The van der Waals surface area contributed by atoms with Crippen LogP contribution in [0.3, 0.4) is 0 Å². The van der Waals surface area contributed by atoms with Crippen LogP contribution in [-0.4, -0.2) is 39.8 Å². The smallest absolute Gasteiger partial charge is 0.317 e. The third-order valence-corrected chi connectivity index (χ3v) is 8.57. The highest BCUT2D eigenvalue weighted by molar-refractivity contribution is 7.15. The van der Waals surface area contributed by atoms with E-state index in [9.17, 15) is 9.59 Å². The van der Waals surface area contributed by atoms with Gasteiger partial charge < -0.3 is 10.2 Å². The summed E-state index contributed by atoms with van der Waals surface area (Å²) in [6.45, 7) is 3.29. The number of amides is 3. The third kappa shape index (κ3) is 6.14. The van der Waals surface area contributed by atoms with Gasteiger partial charge in [-0.15, -0.1) is 11.3 Å². The van der Waals surface area contributed by atoms with Crippen LogP contribution in [0.2, 0.25) is 0 Å². The number of benzene rings is 3. The van der Waals surface area contributed by atoms with Crippen LogP contribution in [0.5, 0.6) is 0 Å². The van der Waals surface area contributed by atoms with Gasteiger partial charge in [0, 0.05) is 48.7 Å². The number of anilines is 2.